The van der Waals surface area contributed by atoms with E-state index in [1.54, 1.807) is 0 Å². The van der Waals surface area contributed by atoms with E-state index in [1.807, 2.05) is 0 Å². The fourth-order valence-electron chi connectivity index (χ4n) is 2.49. The summed E-state index contributed by atoms with van der Waals surface area (Å²) in [6, 6.07) is 3.62. The van der Waals surface area contributed by atoms with Crippen LogP contribution < -0.4 is 44.7 Å². The summed E-state index contributed by atoms with van der Waals surface area (Å²) in [6.45, 7) is -0.321. The number of unbranched alkanes of at least 4 members (excludes halogenated alkanes) is 1. The van der Waals surface area contributed by atoms with Crippen LogP contribution in [0.15, 0.2) is 18.2 Å². The van der Waals surface area contributed by atoms with E-state index in [0.29, 0.717) is 12.8 Å². The van der Waals surface area contributed by atoms with Crippen molar-refractivity contribution >= 4 is 17.7 Å². The van der Waals surface area contributed by atoms with Gasteiger partial charge in [-0.1, -0.05) is 0 Å². The van der Waals surface area contributed by atoms with Crippen LogP contribution in [0.2, 0.25) is 0 Å². The van der Waals surface area contributed by atoms with E-state index in [1.165, 1.54) is 12.1 Å². The number of carbonyl (C=O) groups excluding carboxylic acids is 3. The molecule has 4 N–H and O–H groups in total. The van der Waals surface area contributed by atoms with E-state index < -0.39 is 36.6 Å². The number of anilines is 1. The Bertz CT molecular complexity index is 785. The van der Waals surface area contributed by atoms with Crippen molar-refractivity contribution in [3.63, 3.8) is 0 Å². The maximum absolute atomic E-state index is 13.4. The minimum absolute atomic E-state index is 0. The largest absolute Gasteiger partial charge is 1.00 e. The van der Waals surface area contributed by atoms with Crippen LogP contribution in [0, 0.1) is 12.3 Å². The minimum Gasteiger partial charge on any atom is -0.857 e. The molecule has 178 valence electrons. The van der Waals surface area contributed by atoms with Gasteiger partial charge in [-0.3, -0.25) is 4.79 Å². The predicted molar refractivity (Wildman–Crippen MR) is 102 cm³/mol. The molecule has 1 aliphatic rings. The topological polar surface area (TPSA) is 165 Å². The summed E-state index contributed by atoms with van der Waals surface area (Å²) in [5.74, 6) is 1.77. The van der Waals surface area contributed by atoms with Crippen molar-refractivity contribution in [1.29, 1.82) is 0 Å². The summed E-state index contributed by atoms with van der Waals surface area (Å²) in [4.78, 5) is 28.0. The first-order valence-corrected chi connectivity index (χ1v) is 9.13. The Balaban J connectivity index is 0. The molecule has 4 unspecified atom stereocenters. The Kier molecular flexibility index (Phi) is 18.7. The molecule has 1 saturated heterocycles. The van der Waals surface area contributed by atoms with Crippen LogP contribution in [0.1, 0.15) is 31.3 Å². The maximum atomic E-state index is 13.4. The molecule has 1 amide bonds. The zero-order valence-electron chi connectivity index (χ0n) is 18.1. The number of amides is 1. The second-order valence-corrected chi connectivity index (χ2v) is 6.11. The first-order chi connectivity index (χ1) is 15.2. The normalized spacial score (nSPS) is 20.9. The molecular weight excluding hydrogens is 459 g/mol. The number of carbonyl (C=O) groups is 1. The molecule has 1 fully saturated rings. The van der Waals surface area contributed by atoms with Crippen LogP contribution in [-0.2, 0) is 19.1 Å². The van der Waals surface area contributed by atoms with Gasteiger partial charge >= 0.3 is 35.7 Å². The van der Waals surface area contributed by atoms with Crippen LogP contribution >= 0.6 is 0 Å². The number of benzene rings is 1. The molecule has 2 rings (SSSR count). The Morgan fingerprint density at radius 1 is 1.30 bits per heavy atom. The Hall–Kier alpha value is -1.91. The monoisotopic (exact) mass is 483 g/mol. The van der Waals surface area contributed by atoms with Gasteiger partial charge < -0.3 is 35.2 Å². The number of aliphatic hydroxyl groups is 3. The van der Waals surface area contributed by atoms with Crippen molar-refractivity contribution in [1.82, 2.24) is 0 Å². The molecule has 1 aromatic rings. The van der Waals surface area contributed by atoms with Crippen molar-refractivity contribution in [2.75, 3.05) is 19.0 Å². The van der Waals surface area contributed by atoms with Gasteiger partial charge in [0.05, 0.1) is 12.2 Å². The van der Waals surface area contributed by atoms with Gasteiger partial charge in [-0.25, -0.2) is 8.78 Å². The number of aliphatic hydroxyl groups excluding tert-OH is 3. The Labute approximate surface area is 211 Å². The van der Waals surface area contributed by atoms with Crippen molar-refractivity contribution in [3.05, 3.63) is 23.8 Å². The number of nitrogens with one attached hydrogen (secondary N) is 1. The quantitative estimate of drug-likeness (QED) is 0.176. The van der Waals surface area contributed by atoms with E-state index in [0.717, 1.165) is 13.2 Å². The number of ether oxygens (including phenoxy) is 2. The molecule has 0 spiro atoms. The molecular formula is C20H24F2NNaO9. The number of terminal acetylenes is 1. The maximum Gasteiger partial charge on any atom is 1.00 e. The van der Waals surface area contributed by atoms with Crippen LogP contribution in [0.5, 0.6) is 5.75 Å². The van der Waals surface area contributed by atoms with Gasteiger partial charge in [-0.2, -0.15) is 16.7 Å². The van der Waals surface area contributed by atoms with Gasteiger partial charge in [0.25, 0.3) is 6.43 Å². The van der Waals surface area contributed by atoms with Gasteiger partial charge in [-0.05, 0) is 24.6 Å². The number of hydrogen-bond donors (Lipinski definition) is 4. The molecule has 10 nitrogen and oxygen atoms in total. The zero-order valence-corrected chi connectivity index (χ0v) is 20.1. The summed E-state index contributed by atoms with van der Waals surface area (Å²) in [5.41, 5.74) is -0.364. The summed E-state index contributed by atoms with van der Waals surface area (Å²) in [5, 5.41) is 39.7. The minimum atomic E-state index is -2.92. The van der Waals surface area contributed by atoms with Gasteiger partial charge in [0.2, 0.25) is 12.2 Å². The first-order valence-electron chi connectivity index (χ1n) is 9.13. The molecule has 0 saturated carbocycles. The fourth-order valence-corrected chi connectivity index (χ4v) is 2.49. The molecule has 0 aromatic heterocycles. The smallest absolute Gasteiger partial charge is 0.857 e. The van der Waals surface area contributed by atoms with Crippen molar-refractivity contribution in [2.24, 2.45) is 0 Å². The van der Waals surface area contributed by atoms with Crippen molar-refractivity contribution < 1.29 is 82.6 Å². The number of alkyl halides is 2. The first kappa shape index (κ1) is 33.3. The van der Waals surface area contributed by atoms with E-state index in [4.69, 9.17) is 30.6 Å². The summed E-state index contributed by atoms with van der Waals surface area (Å²) < 4.78 is 37.1. The van der Waals surface area contributed by atoms with Crippen LogP contribution in [0.3, 0.4) is 0 Å². The van der Waals surface area contributed by atoms with Crippen LogP contribution in [0.4, 0.5) is 14.5 Å². The fraction of sp³-hybridized carbons (Fsp3) is 0.500. The average molecular weight is 483 g/mol. The molecule has 13 heteroatoms. The van der Waals surface area contributed by atoms with Crippen LogP contribution in [0.25, 0.3) is 0 Å². The van der Waals surface area contributed by atoms with Crippen molar-refractivity contribution in [2.45, 2.75) is 50.3 Å². The molecule has 1 aromatic carbocycles. The number of halogens is 2. The summed E-state index contributed by atoms with van der Waals surface area (Å²) in [6.07, 6.45) is -2.36. The number of hydrogen-bond acceptors (Lipinski definition) is 9. The van der Waals surface area contributed by atoms with Gasteiger partial charge in [-0.15, -0.1) is 12.3 Å². The Morgan fingerprint density at radius 3 is 2.45 bits per heavy atom. The van der Waals surface area contributed by atoms with Gasteiger partial charge in [0, 0.05) is 18.5 Å². The molecule has 1 aliphatic heterocycles. The SMILES string of the molecule is C#CCCCC(=O)Nc1ccc(OC2OCC(O)C(O)C2O)c(C(F)F)c1.C[O-].O=C=O.[Na+]. The van der Waals surface area contributed by atoms with Gasteiger partial charge in [0.1, 0.15) is 24.1 Å². The summed E-state index contributed by atoms with van der Waals surface area (Å²) in [7, 11) is 0.750. The number of rotatable bonds is 7. The van der Waals surface area contributed by atoms with Crippen molar-refractivity contribution in [3.8, 4) is 18.1 Å². The molecule has 0 bridgehead atoms. The second kappa shape index (κ2) is 18.5. The predicted octanol–water partition coefficient (Wildman–Crippen LogP) is -3.42. The molecule has 0 radical (unpaired) electrons. The van der Waals surface area contributed by atoms with E-state index in [9.17, 15) is 28.9 Å². The third kappa shape index (κ3) is 11.7. The third-order valence-corrected chi connectivity index (χ3v) is 3.95. The standard InChI is InChI=1S/C18H21F2NO6.CO2.CH3O.Na/c1-2-3-4-5-14(23)21-10-6-7-13(11(8-10)17(19)20)27-18-16(25)15(24)12(22)9-26-18;2-1-3;1-2;/h1,6-8,12,15-18,22,24-25H,3-5,9H2,(H,21,23);;1H3;/q;;-1;+1. The molecule has 1 heterocycles. The zero-order chi connectivity index (χ0) is 24.7. The average Bonchev–Trinajstić information content (AvgIpc) is 2.77. The molecule has 33 heavy (non-hydrogen) atoms. The molecule has 0 aliphatic carbocycles. The van der Waals surface area contributed by atoms with E-state index in [2.05, 4.69) is 11.2 Å². The van der Waals surface area contributed by atoms with Crippen LogP contribution in [-0.4, -0.2) is 65.7 Å². The Morgan fingerprint density at radius 2 is 1.91 bits per heavy atom. The summed E-state index contributed by atoms with van der Waals surface area (Å²) >= 11 is 0. The van der Waals surface area contributed by atoms with E-state index in [-0.39, 0.29) is 66.1 Å². The van der Waals surface area contributed by atoms with Gasteiger partial charge in [0.15, 0.2) is 0 Å². The second-order valence-electron chi connectivity index (χ2n) is 6.11. The third-order valence-electron chi connectivity index (χ3n) is 3.95. The van der Waals surface area contributed by atoms with E-state index >= 15 is 0 Å². The molecule has 4 atom stereocenters.